The number of esters is 1. The van der Waals surface area contributed by atoms with E-state index < -0.39 is 6.04 Å². The van der Waals surface area contributed by atoms with Crippen LogP contribution in [0.2, 0.25) is 0 Å². The van der Waals surface area contributed by atoms with Crippen molar-refractivity contribution in [1.29, 1.82) is 0 Å². The second-order valence-electron chi connectivity index (χ2n) is 7.11. The Morgan fingerprint density at radius 3 is 2.54 bits per heavy atom. The predicted molar refractivity (Wildman–Crippen MR) is 98.2 cm³/mol. The standard InChI is InChI=1S/C21H23FN2O2/c22-17-7-4-8-18(13-17)23-20(16-5-2-1-3-6-16)21(25)26-19-14-24-11-9-15(19)10-12-24/h1-8,13,15,19-20,23H,9-12,14H2. The highest BCUT2D eigenvalue weighted by atomic mass is 19.1. The molecule has 2 atom stereocenters. The van der Waals surface area contributed by atoms with Crippen LogP contribution in [0.4, 0.5) is 10.1 Å². The number of halogens is 1. The Bertz CT molecular complexity index is 760. The van der Waals surface area contributed by atoms with Crippen molar-refractivity contribution in [1.82, 2.24) is 4.90 Å². The molecule has 0 radical (unpaired) electrons. The molecule has 3 fully saturated rings. The summed E-state index contributed by atoms with van der Waals surface area (Å²) in [4.78, 5) is 15.3. The first-order chi connectivity index (χ1) is 12.7. The summed E-state index contributed by atoms with van der Waals surface area (Å²) in [5.74, 6) is -0.193. The second-order valence-corrected chi connectivity index (χ2v) is 7.11. The third-order valence-corrected chi connectivity index (χ3v) is 5.37. The first kappa shape index (κ1) is 17.0. The van der Waals surface area contributed by atoms with Crippen LogP contribution in [-0.2, 0) is 9.53 Å². The van der Waals surface area contributed by atoms with Crippen LogP contribution in [0.3, 0.4) is 0 Å². The molecular formula is C21H23FN2O2. The van der Waals surface area contributed by atoms with E-state index in [1.165, 1.54) is 12.1 Å². The number of hydrogen-bond donors (Lipinski definition) is 1. The van der Waals surface area contributed by atoms with Gasteiger partial charge < -0.3 is 10.1 Å². The van der Waals surface area contributed by atoms with Crippen molar-refractivity contribution in [3.8, 4) is 0 Å². The van der Waals surface area contributed by atoms with Gasteiger partial charge in [0.25, 0.3) is 0 Å². The zero-order chi connectivity index (χ0) is 17.9. The maximum absolute atomic E-state index is 13.5. The summed E-state index contributed by atoms with van der Waals surface area (Å²) in [6.45, 7) is 3.02. The van der Waals surface area contributed by atoms with Crippen molar-refractivity contribution in [3.05, 3.63) is 66.0 Å². The van der Waals surface area contributed by atoms with Gasteiger partial charge in [0.15, 0.2) is 6.04 Å². The lowest BCUT2D eigenvalue weighted by Crippen LogP contribution is -2.52. The minimum atomic E-state index is -0.659. The van der Waals surface area contributed by atoms with Crippen LogP contribution in [0.1, 0.15) is 24.4 Å². The Hall–Kier alpha value is -2.40. The molecule has 3 aliphatic heterocycles. The summed E-state index contributed by atoms with van der Waals surface area (Å²) < 4.78 is 19.4. The minimum Gasteiger partial charge on any atom is -0.459 e. The molecule has 26 heavy (non-hydrogen) atoms. The van der Waals surface area contributed by atoms with E-state index in [-0.39, 0.29) is 17.9 Å². The number of benzene rings is 2. The maximum Gasteiger partial charge on any atom is 0.333 e. The minimum absolute atomic E-state index is 0.0504. The van der Waals surface area contributed by atoms with Crippen molar-refractivity contribution in [3.63, 3.8) is 0 Å². The van der Waals surface area contributed by atoms with E-state index >= 15 is 0 Å². The van der Waals surface area contributed by atoms with Gasteiger partial charge in [0.2, 0.25) is 0 Å². The molecule has 3 aliphatic rings. The van der Waals surface area contributed by atoms with Gasteiger partial charge in [0, 0.05) is 12.2 Å². The van der Waals surface area contributed by atoms with Crippen LogP contribution < -0.4 is 5.32 Å². The number of carbonyl (C=O) groups is 1. The molecular weight excluding hydrogens is 331 g/mol. The fraction of sp³-hybridized carbons (Fsp3) is 0.381. The fourth-order valence-corrected chi connectivity index (χ4v) is 3.93. The van der Waals surface area contributed by atoms with Gasteiger partial charge in [-0.3, -0.25) is 4.90 Å². The second kappa shape index (κ2) is 7.46. The van der Waals surface area contributed by atoms with E-state index in [0.29, 0.717) is 11.6 Å². The Balaban J connectivity index is 1.53. The number of rotatable bonds is 5. The monoisotopic (exact) mass is 354 g/mol. The Kier molecular flexibility index (Phi) is 4.89. The van der Waals surface area contributed by atoms with Crippen LogP contribution in [0, 0.1) is 11.7 Å². The first-order valence-corrected chi connectivity index (χ1v) is 9.19. The molecule has 1 N–H and O–H groups in total. The number of nitrogens with zero attached hydrogens (tertiary/aromatic N) is 1. The van der Waals surface area contributed by atoms with Crippen molar-refractivity contribution >= 4 is 11.7 Å². The van der Waals surface area contributed by atoms with E-state index in [0.717, 1.165) is 38.0 Å². The van der Waals surface area contributed by atoms with Crippen LogP contribution in [0.5, 0.6) is 0 Å². The summed E-state index contributed by atoms with van der Waals surface area (Å²) >= 11 is 0. The number of ether oxygens (including phenoxy) is 1. The molecule has 3 saturated heterocycles. The number of anilines is 1. The van der Waals surface area contributed by atoms with E-state index in [1.807, 2.05) is 30.3 Å². The number of nitrogens with one attached hydrogen (secondary N) is 1. The molecule has 0 amide bonds. The molecule has 0 saturated carbocycles. The van der Waals surface area contributed by atoms with Gasteiger partial charge in [0.05, 0.1) is 0 Å². The number of carbonyl (C=O) groups excluding carboxylic acids is 1. The van der Waals surface area contributed by atoms with E-state index in [1.54, 1.807) is 12.1 Å². The van der Waals surface area contributed by atoms with Crippen LogP contribution >= 0.6 is 0 Å². The maximum atomic E-state index is 13.5. The molecule has 0 aliphatic carbocycles. The molecule has 0 aromatic heterocycles. The highest BCUT2D eigenvalue weighted by molar-refractivity contribution is 5.81. The first-order valence-electron chi connectivity index (χ1n) is 9.19. The Morgan fingerprint density at radius 2 is 1.88 bits per heavy atom. The molecule has 0 spiro atoms. The van der Waals surface area contributed by atoms with Crippen molar-refractivity contribution in [2.75, 3.05) is 25.0 Å². The molecule has 2 aromatic rings. The number of piperidine rings is 3. The molecule has 3 heterocycles. The highest BCUT2D eigenvalue weighted by Crippen LogP contribution is 2.31. The van der Waals surface area contributed by atoms with Gasteiger partial charge in [-0.05, 0) is 55.6 Å². The topological polar surface area (TPSA) is 41.6 Å². The average molecular weight is 354 g/mol. The van der Waals surface area contributed by atoms with Gasteiger partial charge in [-0.15, -0.1) is 0 Å². The van der Waals surface area contributed by atoms with Gasteiger partial charge in [0.1, 0.15) is 11.9 Å². The predicted octanol–water partition coefficient (Wildman–Crippen LogP) is 3.62. The third kappa shape index (κ3) is 3.73. The molecule has 2 unspecified atom stereocenters. The normalized spacial score (nSPS) is 25.5. The summed E-state index contributed by atoms with van der Waals surface area (Å²) in [5.41, 5.74) is 1.37. The molecule has 5 heteroatoms. The van der Waals surface area contributed by atoms with Crippen LogP contribution in [0.15, 0.2) is 54.6 Å². The zero-order valence-electron chi connectivity index (χ0n) is 14.6. The SMILES string of the molecule is O=C(OC1CN2CCC1CC2)C(Nc1cccc(F)c1)c1ccccc1. The van der Waals surface area contributed by atoms with Crippen LogP contribution in [-0.4, -0.2) is 36.6 Å². The van der Waals surface area contributed by atoms with E-state index in [2.05, 4.69) is 10.2 Å². The average Bonchev–Trinajstić information content (AvgIpc) is 2.68. The summed E-state index contributed by atoms with van der Waals surface area (Å²) in [6.07, 6.45) is 2.13. The molecule has 2 aromatic carbocycles. The summed E-state index contributed by atoms with van der Waals surface area (Å²) in [5, 5.41) is 3.14. The lowest BCUT2D eigenvalue weighted by Gasteiger charge is -2.44. The highest BCUT2D eigenvalue weighted by Gasteiger charge is 2.37. The molecule has 2 bridgehead atoms. The molecule has 5 rings (SSSR count). The van der Waals surface area contributed by atoms with Gasteiger partial charge >= 0.3 is 5.97 Å². The van der Waals surface area contributed by atoms with Gasteiger partial charge in [-0.25, -0.2) is 9.18 Å². The lowest BCUT2D eigenvalue weighted by atomic mass is 9.86. The largest absolute Gasteiger partial charge is 0.459 e. The quantitative estimate of drug-likeness (QED) is 0.833. The lowest BCUT2D eigenvalue weighted by molar-refractivity contribution is -0.159. The fourth-order valence-electron chi connectivity index (χ4n) is 3.93. The smallest absolute Gasteiger partial charge is 0.333 e. The van der Waals surface area contributed by atoms with Crippen molar-refractivity contribution in [2.45, 2.75) is 25.0 Å². The molecule has 136 valence electrons. The van der Waals surface area contributed by atoms with E-state index in [9.17, 15) is 9.18 Å². The van der Waals surface area contributed by atoms with E-state index in [4.69, 9.17) is 4.74 Å². The number of hydrogen-bond acceptors (Lipinski definition) is 4. The van der Waals surface area contributed by atoms with Crippen molar-refractivity contribution < 1.29 is 13.9 Å². The third-order valence-electron chi connectivity index (χ3n) is 5.37. The zero-order valence-corrected chi connectivity index (χ0v) is 14.6. The Morgan fingerprint density at radius 1 is 1.12 bits per heavy atom. The molecule has 4 nitrogen and oxygen atoms in total. The number of fused-ring (bicyclic) bond motifs is 3. The Labute approximate surface area is 153 Å². The van der Waals surface area contributed by atoms with Crippen LogP contribution in [0.25, 0.3) is 0 Å². The van der Waals surface area contributed by atoms with Crippen molar-refractivity contribution in [2.24, 2.45) is 5.92 Å². The van der Waals surface area contributed by atoms with Gasteiger partial charge in [-0.1, -0.05) is 36.4 Å². The summed E-state index contributed by atoms with van der Waals surface area (Å²) in [6, 6.07) is 14.9. The van der Waals surface area contributed by atoms with Gasteiger partial charge in [-0.2, -0.15) is 0 Å². The summed E-state index contributed by atoms with van der Waals surface area (Å²) in [7, 11) is 0.